The van der Waals surface area contributed by atoms with Crippen molar-refractivity contribution in [3.63, 3.8) is 0 Å². The Balaban J connectivity index is 3.47. The Hall–Kier alpha value is -0.770. The van der Waals surface area contributed by atoms with Crippen LogP contribution in [0.3, 0.4) is 0 Å². The van der Waals surface area contributed by atoms with E-state index in [-0.39, 0.29) is 6.09 Å². The predicted octanol–water partition coefficient (Wildman–Crippen LogP) is -0.296. The number of nitrogens with one attached hydrogen (secondary N) is 1. The molecule has 4 heteroatoms. The van der Waals surface area contributed by atoms with Gasteiger partial charge in [-0.2, -0.15) is 0 Å². The van der Waals surface area contributed by atoms with Crippen LogP contribution in [0.2, 0.25) is 0 Å². The van der Waals surface area contributed by atoms with Gasteiger partial charge in [0, 0.05) is 0 Å². The van der Waals surface area contributed by atoms with E-state index in [1.807, 2.05) is 33.1 Å². The van der Waals surface area contributed by atoms with Crippen LogP contribution in [0.4, 0.5) is 4.79 Å². The van der Waals surface area contributed by atoms with Gasteiger partial charge in [-0.25, -0.2) is 4.79 Å². The minimum atomic E-state index is -0.403. The smallest absolute Gasteiger partial charge is 0.407 e. The van der Waals surface area contributed by atoms with Crippen molar-refractivity contribution in [1.82, 2.24) is 5.32 Å². The number of rotatable bonds is 3. The maximum atomic E-state index is 11.0. The molecule has 0 rings (SSSR count). The molecule has 0 fully saturated rings. The van der Waals surface area contributed by atoms with Crippen LogP contribution in [0.15, 0.2) is 0 Å². The summed E-state index contributed by atoms with van der Waals surface area (Å²) in [7, 11) is 1.96. The lowest BCUT2D eigenvalue weighted by molar-refractivity contribution is -0.624. The monoisotopic (exact) mass is 175 g/mol. The van der Waals surface area contributed by atoms with E-state index in [1.54, 1.807) is 0 Å². The average Bonchev–Trinajstić information content (AvgIpc) is 1.84. The van der Waals surface area contributed by atoms with Crippen molar-refractivity contribution in [2.75, 3.05) is 20.1 Å². The van der Waals surface area contributed by atoms with Crippen LogP contribution in [-0.4, -0.2) is 31.8 Å². The molecule has 0 aromatic rings. The number of nitrogens with two attached hydrogens (primary N) is 1. The average molecular weight is 175 g/mol. The summed E-state index contributed by atoms with van der Waals surface area (Å²) in [5.41, 5.74) is -0.403. The van der Waals surface area contributed by atoms with Crippen LogP contribution in [0.5, 0.6) is 0 Å². The summed E-state index contributed by atoms with van der Waals surface area (Å²) < 4.78 is 5.02. The van der Waals surface area contributed by atoms with Crippen molar-refractivity contribution in [3.05, 3.63) is 0 Å². The normalized spacial score (nSPS) is 11.0. The van der Waals surface area contributed by atoms with Crippen molar-refractivity contribution >= 4 is 6.09 Å². The lowest BCUT2D eigenvalue weighted by Crippen LogP contribution is -2.81. The molecule has 3 N–H and O–H groups in total. The number of carbonyl (C=O) groups is 1. The Labute approximate surface area is 73.7 Å². The summed E-state index contributed by atoms with van der Waals surface area (Å²) in [6, 6.07) is 0. The predicted molar refractivity (Wildman–Crippen MR) is 47.0 cm³/mol. The number of hydrogen-bond donors (Lipinski definition) is 2. The summed E-state index contributed by atoms with van der Waals surface area (Å²) in [6.45, 7) is 7.06. The molecule has 1 amide bonds. The molecule has 0 bridgehead atoms. The quantitative estimate of drug-likeness (QED) is 0.579. The first-order valence-corrected chi connectivity index (χ1v) is 4.20. The van der Waals surface area contributed by atoms with E-state index in [9.17, 15) is 4.79 Å². The SMILES string of the molecule is C[NH2+]CCNC(=O)OC(C)(C)C. The van der Waals surface area contributed by atoms with Gasteiger partial charge in [-0.15, -0.1) is 0 Å². The number of alkyl carbamates (subject to hydrolysis) is 1. The molecule has 72 valence electrons. The zero-order chi connectivity index (χ0) is 9.61. The molecule has 0 saturated carbocycles. The van der Waals surface area contributed by atoms with E-state index >= 15 is 0 Å². The fourth-order valence-corrected chi connectivity index (χ4v) is 0.633. The minimum absolute atomic E-state index is 0.343. The van der Waals surface area contributed by atoms with Crippen LogP contribution < -0.4 is 10.6 Å². The molecule has 0 saturated heterocycles. The highest BCUT2D eigenvalue weighted by atomic mass is 16.6. The van der Waals surface area contributed by atoms with Gasteiger partial charge in [0.1, 0.15) is 5.60 Å². The molecule has 4 nitrogen and oxygen atoms in total. The fourth-order valence-electron chi connectivity index (χ4n) is 0.633. The topological polar surface area (TPSA) is 54.9 Å². The van der Waals surface area contributed by atoms with Crippen molar-refractivity contribution in [1.29, 1.82) is 0 Å². The molecule has 0 heterocycles. The second-order valence-electron chi connectivity index (χ2n) is 3.63. The van der Waals surface area contributed by atoms with E-state index in [1.165, 1.54) is 0 Å². The van der Waals surface area contributed by atoms with Gasteiger partial charge < -0.3 is 15.4 Å². The number of ether oxygens (including phenoxy) is 1. The molecule has 0 aromatic heterocycles. The standard InChI is InChI=1S/C8H18N2O2/c1-8(2,3)12-7(11)10-6-5-9-4/h9H,5-6H2,1-4H3,(H,10,11)/p+1. The summed E-state index contributed by atoms with van der Waals surface area (Å²) >= 11 is 0. The van der Waals surface area contributed by atoms with Crippen molar-refractivity contribution in [2.24, 2.45) is 0 Å². The van der Waals surface area contributed by atoms with Gasteiger partial charge in [0.15, 0.2) is 0 Å². The molecule has 0 atom stereocenters. The molecule has 0 unspecified atom stereocenters. The maximum Gasteiger partial charge on any atom is 0.407 e. The zero-order valence-corrected chi connectivity index (χ0v) is 8.31. The Bertz CT molecular complexity index is 140. The first-order valence-electron chi connectivity index (χ1n) is 4.20. The second-order valence-corrected chi connectivity index (χ2v) is 3.63. The third kappa shape index (κ3) is 7.34. The Morgan fingerprint density at radius 1 is 1.50 bits per heavy atom. The third-order valence-electron chi connectivity index (χ3n) is 1.10. The first-order chi connectivity index (χ1) is 5.45. The molecule has 0 aliphatic carbocycles. The summed E-state index contributed by atoms with van der Waals surface area (Å²) in [6.07, 6.45) is -0.343. The number of carbonyl (C=O) groups excluding carboxylic acids is 1. The molecule has 0 radical (unpaired) electrons. The third-order valence-corrected chi connectivity index (χ3v) is 1.10. The van der Waals surface area contributed by atoms with Crippen LogP contribution >= 0.6 is 0 Å². The van der Waals surface area contributed by atoms with Crippen molar-refractivity contribution in [2.45, 2.75) is 26.4 Å². The van der Waals surface area contributed by atoms with Gasteiger partial charge in [-0.05, 0) is 20.8 Å². The van der Waals surface area contributed by atoms with Crippen LogP contribution in [0.1, 0.15) is 20.8 Å². The number of amides is 1. The largest absolute Gasteiger partial charge is 0.444 e. The van der Waals surface area contributed by atoms with E-state index in [0.29, 0.717) is 6.54 Å². The lowest BCUT2D eigenvalue weighted by atomic mass is 10.2. The second kappa shape index (κ2) is 4.98. The molecule has 0 spiro atoms. The highest BCUT2D eigenvalue weighted by Crippen LogP contribution is 2.05. The van der Waals surface area contributed by atoms with E-state index in [0.717, 1.165) is 6.54 Å². The number of hydrogen-bond acceptors (Lipinski definition) is 2. The van der Waals surface area contributed by atoms with E-state index < -0.39 is 5.60 Å². The number of likely N-dealkylation sites (N-methyl/N-ethyl adjacent to an activating group) is 1. The zero-order valence-electron chi connectivity index (χ0n) is 8.31. The minimum Gasteiger partial charge on any atom is -0.444 e. The Morgan fingerprint density at radius 2 is 2.08 bits per heavy atom. The van der Waals surface area contributed by atoms with E-state index in [4.69, 9.17) is 4.74 Å². The summed E-state index contributed by atoms with van der Waals surface area (Å²) in [5, 5.41) is 4.65. The molecule has 0 aromatic carbocycles. The van der Waals surface area contributed by atoms with Gasteiger partial charge in [0.05, 0.1) is 20.1 Å². The number of quaternary nitrogens is 1. The Kier molecular flexibility index (Phi) is 4.66. The molecule has 0 aliphatic heterocycles. The summed E-state index contributed by atoms with van der Waals surface area (Å²) in [4.78, 5) is 11.0. The highest BCUT2D eigenvalue weighted by Gasteiger charge is 2.15. The molecule has 12 heavy (non-hydrogen) atoms. The lowest BCUT2D eigenvalue weighted by Gasteiger charge is -2.19. The van der Waals surface area contributed by atoms with Crippen LogP contribution in [-0.2, 0) is 4.74 Å². The molecule has 0 aliphatic rings. The van der Waals surface area contributed by atoms with Gasteiger partial charge in [0.2, 0.25) is 0 Å². The van der Waals surface area contributed by atoms with Crippen molar-refractivity contribution in [3.8, 4) is 0 Å². The van der Waals surface area contributed by atoms with Gasteiger partial charge in [-0.3, -0.25) is 0 Å². The van der Waals surface area contributed by atoms with Crippen LogP contribution in [0, 0.1) is 0 Å². The van der Waals surface area contributed by atoms with Gasteiger partial charge >= 0.3 is 6.09 Å². The van der Waals surface area contributed by atoms with Crippen molar-refractivity contribution < 1.29 is 14.8 Å². The Morgan fingerprint density at radius 3 is 2.50 bits per heavy atom. The summed E-state index contributed by atoms with van der Waals surface area (Å²) in [5.74, 6) is 0. The van der Waals surface area contributed by atoms with Crippen LogP contribution in [0.25, 0.3) is 0 Å². The van der Waals surface area contributed by atoms with E-state index in [2.05, 4.69) is 5.32 Å². The highest BCUT2D eigenvalue weighted by molar-refractivity contribution is 5.67. The first kappa shape index (κ1) is 11.2. The van der Waals surface area contributed by atoms with Gasteiger partial charge in [-0.1, -0.05) is 0 Å². The van der Waals surface area contributed by atoms with Gasteiger partial charge in [0.25, 0.3) is 0 Å². The maximum absolute atomic E-state index is 11.0. The molecular weight excluding hydrogens is 156 g/mol. The molecular formula is C8H19N2O2+. The fraction of sp³-hybridized carbons (Fsp3) is 0.875.